The largest absolute Gasteiger partial charge is 0.453 e. The number of amides is 2. The van der Waals surface area contributed by atoms with Crippen LogP contribution in [0.4, 0.5) is 16.2 Å². The second-order valence-corrected chi connectivity index (χ2v) is 7.18. The van der Waals surface area contributed by atoms with Gasteiger partial charge in [-0.1, -0.05) is 12.1 Å². The molecule has 0 aliphatic carbocycles. The lowest BCUT2D eigenvalue weighted by Crippen LogP contribution is -2.18. The molecule has 27 heavy (non-hydrogen) atoms. The predicted molar refractivity (Wildman–Crippen MR) is 103 cm³/mol. The highest BCUT2D eigenvalue weighted by Gasteiger charge is 2.09. The molecule has 2 aromatic rings. The van der Waals surface area contributed by atoms with Crippen LogP contribution in [0.15, 0.2) is 59.5 Å². The van der Waals surface area contributed by atoms with E-state index in [4.69, 9.17) is 0 Å². The fourth-order valence-corrected chi connectivity index (χ4v) is 2.77. The molecule has 0 fully saturated rings. The summed E-state index contributed by atoms with van der Waals surface area (Å²) in [5.74, 6) is -0.351. The summed E-state index contributed by atoms with van der Waals surface area (Å²) < 4.78 is 30.0. The molecule has 2 rings (SSSR count). The number of sulfonamides is 1. The first-order chi connectivity index (χ1) is 12.8. The van der Waals surface area contributed by atoms with Crippen molar-refractivity contribution in [2.75, 3.05) is 24.8 Å². The number of carbonyl (C=O) groups is 2. The third-order valence-electron chi connectivity index (χ3n) is 3.47. The van der Waals surface area contributed by atoms with E-state index >= 15 is 0 Å². The second-order valence-electron chi connectivity index (χ2n) is 5.29. The molecular formula is C18H19N3O5S. The van der Waals surface area contributed by atoms with E-state index in [1.54, 1.807) is 42.5 Å². The quantitative estimate of drug-likeness (QED) is 0.657. The van der Waals surface area contributed by atoms with Crippen molar-refractivity contribution in [3.05, 3.63) is 60.2 Å². The van der Waals surface area contributed by atoms with Crippen molar-refractivity contribution in [3.8, 4) is 0 Å². The first kappa shape index (κ1) is 20.1. The topological polar surface area (TPSA) is 114 Å². The maximum absolute atomic E-state index is 12.0. The molecule has 2 aromatic carbocycles. The maximum Gasteiger partial charge on any atom is 0.411 e. The van der Waals surface area contributed by atoms with Crippen molar-refractivity contribution < 1.29 is 22.7 Å². The van der Waals surface area contributed by atoms with Gasteiger partial charge in [-0.2, -0.15) is 0 Å². The normalized spacial score (nSPS) is 11.2. The van der Waals surface area contributed by atoms with E-state index in [1.807, 2.05) is 0 Å². The molecule has 0 saturated heterocycles. The summed E-state index contributed by atoms with van der Waals surface area (Å²) in [4.78, 5) is 23.2. The Hall–Kier alpha value is -3.17. The third kappa shape index (κ3) is 5.94. The van der Waals surface area contributed by atoms with Crippen LogP contribution in [0, 0.1) is 0 Å². The van der Waals surface area contributed by atoms with Crippen LogP contribution < -0.4 is 15.4 Å². The van der Waals surface area contributed by atoms with Gasteiger partial charge in [0.2, 0.25) is 15.9 Å². The fraction of sp³-hybridized carbons (Fsp3) is 0.111. The van der Waals surface area contributed by atoms with E-state index in [0.29, 0.717) is 16.9 Å². The van der Waals surface area contributed by atoms with Crippen LogP contribution in [0.5, 0.6) is 0 Å². The minimum absolute atomic E-state index is 0.146. The Balaban J connectivity index is 1.96. The summed E-state index contributed by atoms with van der Waals surface area (Å²) in [5.41, 5.74) is 1.76. The Morgan fingerprint density at radius 2 is 1.48 bits per heavy atom. The van der Waals surface area contributed by atoms with Gasteiger partial charge in [0.05, 0.1) is 12.0 Å². The molecule has 142 valence electrons. The van der Waals surface area contributed by atoms with Gasteiger partial charge in [0.1, 0.15) is 0 Å². The predicted octanol–water partition coefficient (Wildman–Crippen LogP) is 2.42. The van der Waals surface area contributed by atoms with Crippen molar-refractivity contribution in [2.45, 2.75) is 4.90 Å². The standard InChI is InChI=1S/C18H19N3O5S/c1-19-27(24,25)16-10-3-13(4-11-16)5-12-17(22)20-14-6-8-15(9-7-14)21-18(23)26-2/h3-12,19H,1-2H3,(H,20,22)(H,21,23). The Morgan fingerprint density at radius 3 is 2.00 bits per heavy atom. The first-order valence-electron chi connectivity index (χ1n) is 7.82. The molecule has 0 saturated carbocycles. The lowest BCUT2D eigenvalue weighted by Gasteiger charge is -2.06. The number of carbonyl (C=O) groups excluding carboxylic acids is 2. The van der Waals surface area contributed by atoms with E-state index in [9.17, 15) is 18.0 Å². The molecule has 0 bridgehead atoms. The fourth-order valence-electron chi connectivity index (χ4n) is 2.04. The number of rotatable bonds is 6. The summed E-state index contributed by atoms with van der Waals surface area (Å²) in [7, 11) is -0.881. The van der Waals surface area contributed by atoms with Gasteiger partial charge in [0, 0.05) is 17.5 Å². The summed E-state index contributed by atoms with van der Waals surface area (Å²) in [6.45, 7) is 0. The summed E-state index contributed by atoms with van der Waals surface area (Å²) in [6.07, 6.45) is 2.32. The smallest absolute Gasteiger partial charge is 0.411 e. The minimum Gasteiger partial charge on any atom is -0.453 e. The highest BCUT2D eigenvalue weighted by atomic mass is 32.2. The molecular weight excluding hydrogens is 370 g/mol. The lowest BCUT2D eigenvalue weighted by atomic mass is 10.2. The molecule has 9 heteroatoms. The summed E-state index contributed by atoms with van der Waals surface area (Å²) in [5, 5.41) is 5.18. The van der Waals surface area contributed by atoms with Crippen LogP contribution in [0.25, 0.3) is 6.08 Å². The molecule has 0 spiro atoms. The number of hydrogen-bond donors (Lipinski definition) is 3. The number of benzene rings is 2. The summed E-state index contributed by atoms with van der Waals surface area (Å²) in [6, 6.07) is 12.6. The molecule has 0 radical (unpaired) electrons. The average molecular weight is 389 g/mol. The van der Waals surface area contributed by atoms with Gasteiger partial charge in [-0.25, -0.2) is 17.9 Å². The number of anilines is 2. The zero-order valence-corrected chi connectivity index (χ0v) is 15.5. The Labute approximate surface area is 157 Å². The lowest BCUT2D eigenvalue weighted by molar-refractivity contribution is -0.111. The van der Waals surface area contributed by atoms with Gasteiger partial charge < -0.3 is 10.1 Å². The number of methoxy groups -OCH3 is 1. The van der Waals surface area contributed by atoms with Crippen LogP contribution in [0.2, 0.25) is 0 Å². The zero-order chi connectivity index (χ0) is 19.9. The van der Waals surface area contributed by atoms with Crippen molar-refractivity contribution in [1.29, 1.82) is 0 Å². The molecule has 2 amide bonds. The van der Waals surface area contributed by atoms with Crippen LogP contribution in [0.3, 0.4) is 0 Å². The van der Waals surface area contributed by atoms with Crippen molar-refractivity contribution in [3.63, 3.8) is 0 Å². The van der Waals surface area contributed by atoms with Gasteiger partial charge in [-0.3, -0.25) is 10.1 Å². The Kier molecular flexibility index (Phi) is 6.69. The van der Waals surface area contributed by atoms with E-state index in [2.05, 4.69) is 20.1 Å². The molecule has 3 N–H and O–H groups in total. The summed E-state index contributed by atoms with van der Waals surface area (Å²) >= 11 is 0. The molecule has 0 aliphatic heterocycles. The van der Waals surface area contributed by atoms with E-state index in [1.165, 1.54) is 32.4 Å². The van der Waals surface area contributed by atoms with Gasteiger partial charge in [0.25, 0.3) is 0 Å². The molecule has 0 aromatic heterocycles. The maximum atomic E-state index is 12.0. The van der Waals surface area contributed by atoms with E-state index in [-0.39, 0.29) is 10.8 Å². The van der Waals surface area contributed by atoms with Crippen LogP contribution in [-0.4, -0.2) is 34.6 Å². The van der Waals surface area contributed by atoms with Crippen molar-refractivity contribution >= 4 is 39.5 Å². The van der Waals surface area contributed by atoms with Crippen molar-refractivity contribution in [1.82, 2.24) is 4.72 Å². The van der Waals surface area contributed by atoms with Gasteiger partial charge in [-0.05, 0) is 55.1 Å². The van der Waals surface area contributed by atoms with Crippen LogP contribution in [0.1, 0.15) is 5.56 Å². The van der Waals surface area contributed by atoms with Gasteiger partial charge in [-0.15, -0.1) is 0 Å². The number of hydrogen-bond acceptors (Lipinski definition) is 5. The average Bonchev–Trinajstić information content (AvgIpc) is 2.68. The molecule has 0 atom stereocenters. The van der Waals surface area contributed by atoms with Crippen LogP contribution in [-0.2, 0) is 19.6 Å². The van der Waals surface area contributed by atoms with Gasteiger partial charge in [0.15, 0.2) is 0 Å². The minimum atomic E-state index is -3.49. The second kappa shape index (κ2) is 8.97. The van der Waals surface area contributed by atoms with Crippen molar-refractivity contribution in [2.24, 2.45) is 0 Å². The van der Waals surface area contributed by atoms with E-state index < -0.39 is 16.1 Å². The van der Waals surface area contributed by atoms with E-state index in [0.717, 1.165) is 0 Å². The highest BCUT2D eigenvalue weighted by Crippen LogP contribution is 2.14. The third-order valence-corrected chi connectivity index (χ3v) is 4.90. The first-order valence-corrected chi connectivity index (χ1v) is 9.30. The monoisotopic (exact) mass is 389 g/mol. The zero-order valence-electron chi connectivity index (χ0n) is 14.7. The van der Waals surface area contributed by atoms with Gasteiger partial charge >= 0.3 is 6.09 Å². The number of ether oxygens (including phenoxy) is 1. The Bertz CT molecular complexity index is 936. The molecule has 0 aliphatic rings. The molecule has 0 heterocycles. The highest BCUT2D eigenvalue weighted by molar-refractivity contribution is 7.89. The molecule has 8 nitrogen and oxygen atoms in total. The number of nitrogens with one attached hydrogen (secondary N) is 3. The SMILES string of the molecule is CNS(=O)(=O)c1ccc(C=CC(=O)Nc2ccc(NC(=O)OC)cc2)cc1. The Morgan fingerprint density at radius 1 is 0.926 bits per heavy atom. The molecule has 0 unspecified atom stereocenters. The van der Waals surface area contributed by atoms with Crippen LogP contribution >= 0.6 is 0 Å².